The Labute approximate surface area is 145 Å². The lowest BCUT2D eigenvalue weighted by atomic mass is 9.99. The molecule has 0 aliphatic carbocycles. The second kappa shape index (κ2) is 6.89. The van der Waals surface area contributed by atoms with Crippen LogP contribution in [0.2, 0.25) is 0 Å². The van der Waals surface area contributed by atoms with Crippen molar-refractivity contribution in [3.8, 4) is 0 Å². The summed E-state index contributed by atoms with van der Waals surface area (Å²) in [5, 5.41) is 5.19. The summed E-state index contributed by atoms with van der Waals surface area (Å²) in [7, 11) is 0. The first kappa shape index (κ1) is 16.9. The van der Waals surface area contributed by atoms with E-state index in [9.17, 15) is 9.18 Å². The van der Waals surface area contributed by atoms with E-state index in [1.54, 1.807) is 19.1 Å². The zero-order valence-corrected chi connectivity index (χ0v) is 14.4. The van der Waals surface area contributed by atoms with Crippen LogP contribution in [0.1, 0.15) is 48.3 Å². The molecule has 128 valence electrons. The normalized spacial score (nSPS) is 12.0. The van der Waals surface area contributed by atoms with Gasteiger partial charge in [0.2, 0.25) is 0 Å². The molecular weight excluding hydrogens is 317 g/mol. The van der Waals surface area contributed by atoms with Crippen molar-refractivity contribution >= 4 is 22.5 Å². The summed E-state index contributed by atoms with van der Waals surface area (Å²) in [5.74, 6) is -0.402. The maximum atomic E-state index is 13.0. The quantitative estimate of drug-likeness (QED) is 0.531. The third kappa shape index (κ3) is 3.45. The van der Waals surface area contributed by atoms with Crippen molar-refractivity contribution in [3.63, 3.8) is 0 Å². The first-order valence-corrected chi connectivity index (χ1v) is 8.18. The lowest BCUT2D eigenvalue weighted by Gasteiger charge is -2.07. The maximum absolute atomic E-state index is 13.0. The van der Waals surface area contributed by atoms with Crippen LogP contribution in [0.3, 0.4) is 0 Å². The number of amides is 1. The molecule has 1 amide bonds. The van der Waals surface area contributed by atoms with Gasteiger partial charge in [-0.15, -0.1) is 0 Å². The number of para-hydroxylation sites is 1. The Morgan fingerprint density at radius 2 is 1.80 bits per heavy atom. The topological polar surface area (TPSA) is 57.2 Å². The monoisotopic (exact) mass is 337 g/mol. The third-order valence-corrected chi connectivity index (χ3v) is 4.14. The van der Waals surface area contributed by atoms with Gasteiger partial charge in [-0.1, -0.05) is 44.2 Å². The van der Waals surface area contributed by atoms with Crippen LogP contribution in [0.15, 0.2) is 53.6 Å². The zero-order chi connectivity index (χ0) is 18.0. The van der Waals surface area contributed by atoms with Crippen LogP contribution in [-0.2, 0) is 0 Å². The molecule has 1 aromatic heterocycles. The summed E-state index contributed by atoms with van der Waals surface area (Å²) in [6.07, 6.45) is 0. The van der Waals surface area contributed by atoms with Crippen LogP contribution in [0.5, 0.6) is 0 Å². The number of aromatic nitrogens is 1. The SMILES string of the molecule is C/C(=N\NC(=O)c1[nH]c2ccccc2c1C(C)C)c1ccc(F)cc1. The number of H-pyrrole nitrogens is 1. The molecule has 4 nitrogen and oxygen atoms in total. The van der Waals surface area contributed by atoms with Crippen LogP contribution in [0.25, 0.3) is 10.9 Å². The zero-order valence-electron chi connectivity index (χ0n) is 14.4. The van der Waals surface area contributed by atoms with Gasteiger partial charge in [0.15, 0.2) is 0 Å². The highest BCUT2D eigenvalue weighted by molar-refractivity contribution is 6.03. The number of carbonyl (C=O) groups excluding carboxylic acids is 1. The van der Waals surface area contributed by atoms with E-state index in [0.29, 0.717) is 11.4 Å². The second-order valence-electron chi connectivity index (χ2n) is 6.26. The molecule has 5 heteroatoms. The molecule has 0 unspecified atom stereocenters. The molecule has 1 heterocycles. The fraction of sp³-hybridized carbons (Fsp3) is 0.200. The predicted molar refractivity (Wildman–Crippen MR) is 98.5 cm³/mol. The fourth-order valence-electron chi connectivity index (χ4n) is 2.89. The number of rotatable bonds is 4. The van der Waals surface area contributed by atoms with E-state index >= 15 is 0 Å². The third-order valence-electron chi connectivity index (χ3n) is 4.14. The molecule has 0 saturated heterocycles. The van der Waals surface area contributed by atoms with Crippen molar-refractivity contribution in [1.82, 2.24) is 10.4 Å². The van der Waals surface area contributed by atoms with Crippen molar-refractivity contribution in [1.29, 1.82) is 0 Å². The van der Waals surface area contributed by atoms with Crippen molar-refractivity contribution in [3.05, 3.63) is 71.2 Å². The second-order valence-corrected chi connectivity index (χ2v) is 6.26. The van der Waals surface area contributed by atoms with Crippen LogP contribution < -0.4 is 5.43 Å². The Balaban J connectivity index is 1.88. The van der Waals surface area contributed by atoms with E-state index in [0.717, 1.165) is 22.0 Å². The highest BCUT2D eigenvalue weighted by Gasteiger charge is 2.19. The highest BCUT2D eigenvalue weighted by Crippen LogP contribution is 2.29. The fourth-order valence-corrected chi connectivity index (χ4v) is 2.89. The smallest absolute Gasteiger partial charge is 0.288 e. The van der Waals surface area contributed by atoms with Crippen molar-refractivity contribution < 1.29 is 9.18 Å². The van der Waals surface area contributed by atoms with Gasteiger partial charge in [0, 0.05) is 10.9 Å². The standard InChI is InChI=1S/C20H20FN3O/c1-12(2)18-16-6-4-5-7-17(16)22-19(18)20(25)24-23-13(3)14-8-10-15(21)11-9-14/h4-12,22H,1-3H3,(H,24,25)/b23-13+. The molecule has 0 aliphatic rings. The number of hydrogen-bond donors (Lipinski definition) is 2. The molecule has 3 aromatic rings. The van der Waals surface area contributed by atoms with Crippen LogP contribution in [0, 0.1) is 5.82 Å². The van der Waals surface area contributed by atoms with Gasteiger partial charge in [-0.05, 0) is 42.2 Å². The molecule has 0 fully saturated rings. The molecule has 0 bridgehead atoms. The minimum atomic E-state index is -0.305. The summed E-state index contributed by atoms with van der Waals surface area (Å²) in [6.45, 7) is 5.88. The van der Waals surface area contributed by atoms with Gasteiger partial charge in [-0.2, -0.15) is 5.10 Å². The highest BCUT2D eigenvalue weighted by atomic mass is 19.1. The van der Waals surface area contributed by atoms with Gasteiger partial charge >= 0.3 is 0 Å². The van der Waals surface area contributed by atoms with Crippen molar-refractivity contribution in [2.75, 3.05) is 0 Å². The molecule has 0 spiro atoms. The summed E-state index contributed by atoms with van der Waals surface area (Å²) < 4.78 is 13.0. The van der Waals surface area contributed by atoms with Gasteiger partial charge in [-0.3, -0.25) is 4.79 Å². The van der Waals surface area contributed by atoms with E-state index in [2.05, 4.69) is 29.4 Å². The predicted octanol–water partition coefficient (Wildman–Crippen LogP) is 4.58. The average Bonchev–Trinajstić information content (AvgIpc) is 2.99. The Morgan fingerprint density at radius 1 is 1.12 bits per heavy atom. The van der Waals surface area contributed by atoms with E-state index in [1.807, 2.05) is 24.3 Å². The summed E-state index contributed by atoms with van der Waals surface area (Å²) in [4.78, 5) is 15.8. The molecule has 0 atom stereocenters. The van der Waals surface area contributed by atoms with E-state index in [4.69, 9.17) is 0 Å². The lowest BCUT2D eigenvalue weighted by molar-refractivity contribution is 0.0949. The number of benzene rings is 2. The molecular formula is C20H20FN3O. The molecule has 3 rings (SSSR count). The Kier molecular flexibility index (Phi) is 4.65. The van der Waals surface area contributed by atoms with Gasteiger partial charge in [0.1, 0.15) is 11.5 Å². The van der Waals surface area contributed by atoms with E-state index in [-0.39, 0.29) is 17.6 Å². The average molecular weight is 337 g/mol. The van der Waals surface area contributed by atoms with Crippen molar-refractivity contribution in [2.45, 2.75) is 26.7 Å². The first-order chi connectivity index (χ1) is 12.0. The summed E-state index contributed by atoms with van der Waals surface area (Å²) >= 11 is 0. The van der Waals surface area contributed by atoms with Gasteiger partial charge in [0.25, 0.3) is 5.91 Å². The van der Waals surface area contributed by atoms with Crippen LogP contribution in [0.4, 0.5) is 4.39 Å². The number of aromatic amines is 1. The Morgan fingerprint density at radius 3 is 2.48 bits per heavy atom. The Hall–Kier alpha value is -2.95. The minimum Gasteiger partial charge on any atom is -0.350 e. The number of halogens is 1. The van der Waals surface area contributed by atoms with E-state index < -0.39 is 0 Å². The van der Waals surface area contributed by atoms with E-state index in [1.165, 1.54) is 12.1 Å². The maximum Gasteiger partial charge on any atom is 0.288 e. The van der Waals surface area contributed by atoms with Gasteiger partial charge in [0.05, 0.1) is 5.71 Å². The van der Waals surface area contributed by atoms with Gasteiger partial charge < -0.3 is 4.98 Å². The van der Waals surface area contributed by atoms with Crippen LogP contribution >= 0.6 is 0 Å². The molecule has 2 aromatic carbocycles. The molecule has 0 saturated carbocycles. The minimum absolute atomic E-state index is 0.194. The number of hydrogen-bond acceptors (Lipinski definition) is 2. The number of hydrazone groups is 1. The summed E-state index contributed by atoms with van der Waals surface area (Å²) in [6, 6.07) is 13.8. The summed E-state index contributed by atoms with van der Waals surface area (Å²) in [5.41, 5.74) is 6.37. The number of nitrogens with zero attached hydrogens (tertiary/aromatic N) is 1. The molecule has 0 aliphatic heterocycles. The number of fused-ring (bicyclic) bond motifs is 1. The number of nitrogens with one attached hydrogen (secondary N) is 2. The Bertz CT molecular complexity index is 939. The van der Waals surface area contributed by atoms with Gasteiger partial charge in [-0.25, -0.2) is 9.82 Å². The lowest BCUT2D eigenvalue weighted by Crippen LogP contribution is -2.21. The van der Waals surface area contributed by atoms with Crippen molar-refractivity contribution in [2.24, 2.45) is 5.10 Å². The first-order valence-electron chi connectivity index (χ1n) is 8.18. The largest absolute Gasteiger partial charge is 0.350 e. The molecule has 2 N–H and O–H groups in total. The number of carbonyl (C=O) groups is 1. The molecule has 0 radical (unpaired) electrons. The van der Waals surface area contributed by atoms with Crippen LogP contribution in [-0.4, -0.2) is 16.6 Å². The molecule has 25 heavy (non-hydrogen) atoms.